The molecule has 4 nitrogen and oxygen atoms in total. The molecule has 0 aliphatic carbocycles. The molecule has 1 aromatic rings. The number of benzene rings is 1. The number of nitrogens with zero attached hydrogens (tertiary/aromatic N) is 1. The minimum atomic E-state index is 0.0995. The highest BCUT2D eigenvalue weighted by Crippen LogP contribution is 2.18. The van der Waals surface area contributed by atoms with Crippen LogP contribution in [0.25, 0.3) is 0 Å². The minimum Gasteiger partial charge on any atom is -0.399 e. The maximum atomic E-state index is 11.5. The molecule has 0 saturated heterocycles. The molecular formula is C14H23N3O. The Bertz CT molecular complexity index is 379. The van der Waals surface area contributed by atoms with Crippen LogP contribution >= 0.6 is 0 Å². The highest BCUT2D eigenvalue weighted by atomic mass is 16.1. The molecule has 0 aromatic heterocycles. The molecule has 18 heavy (non-hydrogen) atoms. The average molecular weight is 249 g/mol. The zero-order chi connectivity index (χ0) is 13.4. The molecule has 0 fully saturated rings. The number of hydrogen-bond donors (Lipinski definition) is 2. The smallest absolute Gasteiger partial charge is 0.221 e. The fourth-order valence-corrected chi connectivity index (χ4v) is 1.88. The number of nitrogens with one attached hydrogen (secondary N) is 1. The standard InChI is InChI=1S/C14H23N3O/c1-3-9-17(10-8-14(18)16-4-2)13-7-5-6-12(15)11-13/h5-7,11H,3-4,8-10,15H2,1-2H3,(H,16,18). The summed E-state index contributed by atoms with van der Waals surface area (Å²) in [4.78, 5) is 13.7. The first-order valence-corrected chi connectivity index (χ1v) is 6.54. The molecule has 0 aliphatic heterocycles. The Kier molecular flexibility index (Phi) is 6.05. The van der Waals surface area contributed by atoms with E-state index in [1.807, 2.05) is 31.2 Å². The summed E-state index contributed by atoms with van der Waals surface area (Å²) in [5.41, 5.74) is 7.63. The van der Waals surface area contributed by atoms with Gasteiger partial charge in [-0.1, -0.05) is 13.0 Å². The molecule has 1 aromatic carbocycles. The van der Waals surface area contributed by atoms with Crippen LogP contribution in [0.3, 0.4) is 0 Å². The second-order valence-electron chi connectivity index (χ2n) is 4.29. The van der Waals surface area contributed by atoms with Gasteiger partial charge in [-0.15, -0.1) is 0 Å². The van der Waals surface area contributed by atoms with Crippen LogP contribution in [-0.2, 0) is 4.79 Å². The van der Waals surface area contributed by atoms with E-state index in [0.29, 0.717) is 13.0 Å². The van der Waals surface area contributed by atoms with E-state index in [-0.39, 0.29) is 5.91 Å². The molecule has 1 rings (SSSR count). The first-order valence-electron chi connectivity index (χ1n) is 6.54. The largest absolute Gasteiger partial charge is 0.399 e. The van der Waals surface area contributed by atoms with E-state index in [9.17, 15) is 4.79 Å². The Balaban J connectivity index is 2.62. The summed E-state index contributed by atoms with van der Waals surface area (Å²) in [5, 5.41) is 2.82. The van der Waals surface area contributed by atoms with Crippen LogP contribution in [-0.4, -0.2) is 25.5 Å². The summed E-state index contributed by atoms with van der Waals surface area (Å²) in [6.45, 7) is 6.40. The Morgan fingerprint density at radius 3 is 2.72 bits per heavy atom. The van der Waals surface area contributed by atoms with Gasteiger partial charge in [-0.05, 0) is 31.5 Å². The quantitative estimate of drug-likeness (QED) is 0.727. The number of amides is 1. The number of hydrogen-bond acceptors (Lipinski definition) is 3. The van der Waals surface area contributed by atoms with Crippen LogP contribution in [0.2, 0.25) is 0 Å². The lowest BCUT2D eigenvalue weighted by Gasteiger charge is -2.24. The lowest BCUT2D eigenvalue weighted by Crippen LogP contribution is -2.31. The summed E-state index contributed by atoms with van der Waals surface area (Å²) in [7, 11) is 0. The predicted molar refractivity (Wildman–Crippen MR) is 76.7 cm³/mol. The van der Waals surface area contributed by atoms with Crippen LogP contribution < -0.4 is 16.0 Å². The number of nitrogens with two attached hydrogens (primary N) is 1. The number of anilines is 2. The van der Waals surface area contributed by atoms with Gasteiger partial charge in [0.15, 0.2) is 0 Å². The molecule has 3 N–H and O–H groups in total. The predicted octanol–water partition coefficient (Wildman–Crippen LogP) is 2.01. The van der Waals surface area contributed by atoms with Crippen LogP contribution in [0.15, 0.2) is 24.3 Å². The molecule has 0 saturated carbocycles. The summed E-state index contributed by atoms with van der Waals surface area (Å²) < 4.78 is 0. The van der Waals surface area contributed by atoms with Gasteiger partial charge in [0.25, 0.3) is 0 Å². The van der Waals surface area contributed by atoms with Crippen molar-refractivity contribution in [2.75, 3.05) is 30.3 Å². The van der Waals surface area contributed by atoms with Crippen LogP contribution in [0, 0.1) is 0 Å². The monoisotopic (exact) mass is 249 g/mol. The van der Waals surface area contributed by atoms with Gasteiger partial charge in [0.2, 0.25) is 5.91 Å². The summed E-state index contributed by atoms with van der Waals surface area (Å²) in [5.74, 6) is 0.0995. The molecule has 0 spiro atoms. The summed E-state index contributed by atoms with van der Waals surface area (Å²) >= 11 is 0. The maximum Gasteiger partial charge on any atom is 0.221 e. The van der Waals surface area contributed by atoms with Crippen molar-refractivity contribution in [3.05, 3.63) is 24.3 Å². The number of carbonyl (C=O) groups is 1. The van der Waals surface area contributed by atoms with Crippen molar-refractivity contribution in [1.29, 1.82) is 0 Å². The lowest BCUT2D eigenvalue weighted by atomic mass is 10.2. The van der Waals surface area contributed by atoms with Gasteiger partial charge in [0.1, 0.15) is 0 Å². The molecule has 100 valence electrons. The van der Waals surface area contributed by atoms with E-state index < -0.39 is 0 Å². The fourth-order valence-electron chi connectivity index (χ4n) is 1.88. The average Bonchev–Trinajstić information content (AvgIpc) is 2.35. The highest BCUT2D eigenvalue weighted by Gasteiger charge is 2.08. The lowest BCUT2D eigenvalue weighted by molar-refractivity contribution is -0.120. The van der Waals surface area contributed by atoms with Gasteiger partial charge < -0.3 is 16.0 Å². The molecule has 0 heterocycles. The first-order chi connectivity index (χ1) is 8.67. The van der Waals surface area contributed by atoms with Gasteiger partial charge in [-0.25, -0.2) is 0 Å². The first kappa shape index (κ1) is 14.4. The molecule has 1 amide bonds. The normalized spacial score (nSPS) is 10.1. The number of carbonyl (C=O) groups excluding carboxylic acids is 1. The van der Waals surface area contributed by atoms with Crippen molar-refractivity contribution in [1.82, 2.24) is 5.32 Å². The Labute approximate surface area is 109 Å². The fraction of sp³-hybridized carbons (Fsp3) is 0.500. The summed E-state index contributed by atoms with van der Waals surface area (Å²) in [6.07, 6.45) is 1.56. The van der Waals surface area contributed by atoms with Gasteiger partial charge in [0.05, 0.1) is 0 Å². The van der Waals surface area contributed by atoms with Crippen LogP contribution in [0.5, 0.6) is 0 Å². The minimum absolute atomic E-state index is 0.0995. The Morgan fingerprint density at radius 1 is 1.33 bits per heavy atom. The molecule has 4 heteroatoms. The van der Waals surface area contributed by atoms with Crippen molar-refractivity contribution in [2.45, 2.75) is 26.7 Å². The molecule has 0 bridgehead atoms. The highest BCUT2D eigenvalue weighted by molar-refractivity contribution is 5.76. The SMILES string of the molecule is CCCN(CCC(=O)NCC)c1cccc(N)c1. The number of nitrogen functional groups attached to an aromatic ring is 1. The maximum absolute atomic E-state index is 11.5. The van der Waals surface area contributed by atoms with E-state index in [2.05, 4.69) is 17.1 Å². The van der Waals surface area contributed by atoms with Crippen LogP contribution in [0.1, 0.15) is 26.7 Å². The Morgan fingerprint density at radius 2 is 2.11 bits per heavy atom. The third-order valence-electron chi connectivity index (χ3n) is 2.71. The second-order valence-corrected chi connectivity index (χ2v) is 4.29. The van der Waals surface area contributed by atoms with Gasteiger partial charge in [-0.3, -0.25) is 4.79 Å². The van der Waals surface area contributed by atoms with Crippen molar-refractivity contribution < 1.29 is 4.79 Å². The number of rotatable bonds is 7. The third kappa shape index (κ3) is 4.65. The van der Waals surface area contributed by atoms with E-state index in [4.69, 9.17) is 5.73 Å². The van der Waals surface area contributed by atoms with E-state index in [0.717, 1.165) is 30.9 Å². The molecule has 0 unspecified atom stereocenters. The third-order valence-corrected chi connectivity index (χ3v) is 2.71. The van der Waals surface area contributed by atoms with Crippen molar-refractivity contribution in [3.8, 4) is 0 Å². The molecular weight excluding hydrogens is 226 g/mol. The van der Waals surface area contributed by atoms with E-state index in [1.165, 1.54) is 0 Å². The molecule has 0 atom stereocenters. The van der Waals surface area contributed by atoms with Gasteiger partial charge in [-0.2, -0.15) is 0 Å². The Hall–Kier alpha value is -1.71. The molecule has 0 radical (unpaired) electrons. The summed E-state index contributed by atoms with van der Waals surface area (Å²) in [6, 6.07) is 7.80. The topological polar surface area (TPSA) is 58.4 Å². The molecule has 0 aliphatic rings. The van der Waals surface area contributed by atoms with Gasteiger partial charge >= 0.3 is 0 Å². The van der Waals surface area contributed by atoms with Crippen molar-refractivity contribution in [3.63, 3.8) is 0 Å². The van der Waals surface area contributed by atoms with Crippen LogP contribution in [0.4, 0.5) is 11.4 Å². The van der Waals surface area contributed by atoms with Crippen molar-refractivity contribution >= 4 is 17.3 Å². The van der Waals surface area contributed by atoms with Gasteiger partial charge in [0, 0.05) is 37.4 Å². The zero-order valence-electron chi connectivity index (χ0n) is 11.3. The van der Waals surface area contributed by atoms with E-state index >= 15 is 0 Å². The van der Waals surface area contributed by atoms with E-state index in [1.54, 1.807) is 0 Å². The zero-order valence-corrected chi connectivity index (χ0v) is 11.3. The van der Waals surface area contributed by atoms with Crippen molar-refractivity contribution in [2.24, 2.45) is 0 Å². The second kappa shape index (κ2) is 7.58.